The zero-order valence-corrected chi connectivity index (χ0v) is 15.5. The van der Waals surface area contributed by atoms with E-state index in [0.717, 1.165) is 29.2 Å². The first-order valence-electron chi connectivity index (χ1n) is 8.20. The van der Waals surface area contributed by atoms with E-state index < -0.39 is 0 Å². The largest absolute Gasteiger partial charge is 0.363 e. The molecule has 1 fully saturated rings. The van der Waals surface area contributed by atoms with Crippen molar-refractivity contribution in [3.63, 3.8) is 0 Å². The molecule has 3 heterocycles. The molecule has 7 heteroatoms. The molecule has 0 bridgehead atoms. The van der Waals surface area contributed by atoms with Crippen LogP contribution < -0.4 is 5.32 Å². The summed E-state index contributed by atoms with van der Waals surface area (Å²) in [4.78, 5) is 5.58. The van der Waals surface area contributed by atoms with Crippen LogP contribution in [0.1, 0.15) is 36.1 Å². The van der Waals surface area contributed by atoms with Gasteiger partial charge in [0.2, 0.25) is 5.28 Å². The molecule has 0 atom stereocenters. The highest BCUT2D eigenvalue weighted by Gasteiger charge is 2.21. The molecular formula is C17H18Cl2N4S. The average Bonchev–Trinajstić information content (AvgIpc) is 3.14. The number of rotatable bonds is 7. The Morgan fingerprint density at radius 1 is 1.33 bits per heavy atom. The summed E-state index contributed by atoms with van der Waals surface area (Å²) in [6.07, 6.45) is 6.21. The standard InChI is InChI=1S/C17H18Cl2N4S/c18-15-12(4-1-3-11-6-7-11)9-14-16(21-17(19)22-23(14)15)20-10-13-5-2-8-24-13/h2,5,8-9,11H,1,3-4,6-7,10H2,(H,20,21,22). The van der Waals surface area contributed by atoms with Crippen LogP contribution in [-0.4, -0.2) is 14.6 Å². The second-order valence-corrected chi connectivity index (χ2v) is 7.98. The van der Waals surface area contributed by atoms with Gasteiger partial charge < -0.3 is 5.32 Å². The van der Waals surface area contributed by atoms with Gasteiger partial charge in [-0.2, -0.15) is 4.98 Å². The monoisotopic (exact) mass is 380 g/mol. The Balaban J connectivity index is 1.57. The summed E-state index contributed by atoms with van der Waals surface area (Å²) >= 11 is 14.3. The third-order valence-electron chi connectivity index (χ3n) is 4.38. The fourth-order valence-corrected chi connectivity index (χ4v) is 4.01. The van der Waals surface area contributed by atoms with Crippen LogP contribution in [0, 0.1) is 5.92 Å². The number of aromatic nitrogens is 3. The number of aryl methyl sites for hydroxylation is 1. The molecule has 4 nitrogen and oxygen atoms in total. The summed E-state index contributed by atoms with van der Waals surface area (Å²) in [6, 6.07) is 6.21. The van der Waals surface area contributed by atoms with Gasteiger partial charge in [0, 0.05) is 4.88 Å². The summed E-state index contributed by atoms with van der Waals surface area (Å²) in [5, 5.41) is 10.5. The third-order valence-corrected chi connectivity index (χ3v) is 5.82. The number of thiophene rings is 1. The van der Waals surface area contributed by atoms with Gasteiger partial charge in [0.05, 0.1) is 6.54 Å². The molecule has 24 heavy (non-hydrogen) atoms. The molecule has 0 spiro atoms. The quantitative estimate of drug-likeness (QED) is 0.592. The molecule has 1 N–H and O–H groups in total. The fourth-order valence-electron chi connectivity index (χ4n) is 2.93. The van der Waals surface area contributed by atoms with E-state index in [4.69, 9.17) is 23.2 Å². The van der Waals surface area contributed by atoms with E-state index in [1.807, 2.05) is 6.07 Å². The smallest absolute Gasteiger partial charge is 0.243 e. The van der Waals surface area contributed by atoms with Gasteiger partial charge in [-0.25, -0.2) is 4.52 Å². The number of anilines is 1. The Morgan fingerprint density at radius 3 is 2.96 bits per heavy atom. The zero-order chi connectivity index (χ0) is 16.5. The molecule has 1 saturated carbocycles. The SMILES string of the molecule is Clc1nc(NCc2cccs2)c2cc(CCCC3CC3)c(Cl)n2n1. The van der Waals surface area contributed by atoms with Crippen LogP contribution in [-0.2, 0) is 13.0 Å². The Kier molecular flexibility index (Phi) is 4.66. The van der Waals surface area contributed by atoms with Crippen molar-refractivity contribution in [2.24, 2.45) is 5.92 Å². The maximum atomic E-state index is 6.52. The molecule has 0 saturated heterocycles. The number of hydrogen-bond acceptors (Lipinski definition) is 4. The highest BCUT2D eigenvalue weighted by molar-refractivity contribution is 7.09. The molecule has 1 aliphatic carbocycles. The first kappa shape index (κ1) is 16.2. The van der Waals surface area contributed by atoms with Gasteiger partial charge in [0.25, 0.3) is 0 Å². The molecule has 3 aromatic heterocycles. The van der Waals surface area contributed by atoms with Crippen molar-refractivity contribution in [3.05, 3.63) is 44.5 Å². The highest BCUT2D eigenvalue weighted by atomic mass is 35.5. The third kappa shape index (κ3) is 3.53. The molecule has 4 rings (SSSR count). The number of halogens is 2. The summed E-state index contributed by atoms with van der Waals surface area (Å²) in [5.41, 5.74) is 2.00. The predicted octanol–water partition coefficient (Wildman–Crippen LogP) is 5.44. The van der Waals surface area contributed by atoms with Gasteiger partial charge in [-0.05, 0) is 53.4 Å². The molecule has 126 valence electrons. The first-order valence-corrected chi connectivity index (χ1v) is 9.84. The lowest BCUT2D eigenvalue weighted by atomic mass is 10.1. The van der Waals surface area contributed by atoms with Gasteiger partial charge in [0.1, 0.15) is 10.7 Å². The van der Waals surface area contributed by atoms with Crippen LogP contribution in [0.3, 0.4) is 0 Å². The molecule has 0 aromatic carbocycles. The van der Waals surface area contributed by atoms with E-state index in [-0.39, 0.29) is 5.28 Å². The van der Waals surface area contributed by atoms with Crippen LogP contribution in [0.15, 0.2) is 23.6 Å². The number of hydrogen-bond donors (Lipinski definition) is 1. The topological polar surface area (TPSA) is 42.2 Å². The van der Waals surface area contributed by atoms with Crippen molar-refractivity contribution in [3.8, 4) is 0 Å². The van der Waals surface area contributed by atoms with E-state index >= 15 is 0 Å². The molecule has 1 aliphatic rings. The van der Waals surface area contributed by atoms with E-state index in [0.29, 0.717) is 11.7 Å². The van der Waals surface area contributed by atoms with Crippen LogP contribution in [0.5, 0.6) is 0 Å². The van der Waals surface area contributed by atoms with E-state index in [9.17, 15) is 0 Å². The predicted molar refractivity (Wildman–Crippen MR) is 100 cm³/mol. The maximum absolute atomic E-state index is 6.52. The number of fused-ring (bicyclic) bond motifs is 1. The zero-order valence-electron chi connectivity index (χ0n) is 13.1. The van der Waals surface area contributed by atoms with Gasteiger partial charge >= 0.3 is 0 Å². The molecule has 0 unspecified atom stereocenters. The summed E-state index contributed by atoms with van der Waals surface area (Å²) < 4.78 is 1.69. The highest BCUT2D eigenvalue weighted by Crippen LogP contribution is 2.35. The normalized spacial score (nSPS) is 14.4. The lowest BCUT2D eigenvalue weighted by Crippen LogP contribution is -2.04. The second-order valence-electron chi connectivity index (χ2n) is 6.26. The van der Waals surface area contributed by atoms with Crippen molar-refractivity contribution in [2.45, 2.75) is 38.6 Å². The van der Waals surface area contributed by atoms with Crippen LogP contribution in [0.4, 0.5) is 5.82 Å². The lowest BCUT2D eigenvalue weighted by molar-refractivity contribution is 0.666. The summed E-state index contributed by atoms with van der Waals surface area (Å²) in [5.74, 6) is 1.66. The number of nitrogens with zero attached hydrogens (tertiary/aromatic N) is 3. The van der Waals surface area contributed by atoms with Crippen molar-refractivity contribution in [1.82, 2.24) is 14.6 Å². The molecular weight excluding hydrogens is 363 g/mol. The first-order chi connectivity index (χ1) is 11.7. The van der Waals surface area contributed by atoms with Crippen molar-refractivity contribution in [2.75, 3.05) is 5.32 Å². The lowest BCUT2D eigenvalue weighted by Gasteiger charge is -2.06. The van der Waals surface area contributed by atoms with Gasteiger partial charge in [0.15, 0.2) is 5.82 Å². The Bertz CT molecular complexity index is 840. The van der Waals surface area contributed by atoms with Crippen LogP contribution >= 0.6 is 34.5 Å². The van der Waals surface area contributed by atoms with Crippen LogP contribution in [0.25, 0.3) is 5.52 Å². The Morgan fingerprint density at radius 2 is 2.21 bits per heavy atom. The molecule has 0 aliphatic heterocycles. The van der Waals surface area contributed by atoms with Crippen molar-refractivity contribution in [1.29, 1.82) is 0 Å². The van der Waals surface area contributed by atoms with E-state index in [2.05, 4.69) is 32.9 Å². The van der Waals surface area contributed by atoms with Gasteiger partial charge in [-0.15, -0.1) is 16.4 Å². The van der Waals surface area contributed by atoms with Gasteiger partial charge in [-0.3, -0.25) is 0 Å². The molecule has 3 aromatic rings. The molecule has 0 amide bonds. The minimum absolute atomic E-state index is 0.193. The van der Waals surface area contributed by atoms with Crippen molar-refractivity contribution < 1.29 is 0 Å². The average molecular weight is 381 g/mol. The summed E-state index contributed by atoms with van der Waals surface area (Å²) in [7, 11) is 0. The Labute approximate surface area is 154 Å². The van der Waals surface area contributed by atoms with Crippen molar-refractivity contribution >= 4 is 45.9 Å². The van der Waals surface area contributed by atoms with E-state index in [1.54, 1.807) is 15.9 Å². The maximum Gasteiger partial charge on any atom is 0.243 e. The van der Waals surface area contributed by atoms with Gasteiger partial charge in [-0.1, -0.05) is 36.9 Å². The minimum Gasteiger partial charge on any atom is -0.363 e. The summed E-state index contributed by atoms with van der Waals surface area (Å²) in [6.45, 7) is 0.709. The Hall–Kier alpha value is -1.30. The molecule has 0 radical (unpaired) electrons. The fraction of sp³-hybridized carbons (Fsp3) is 0.412. The second kappa shape index (κ2) is 6.90. The van der Waals surface area contributed by atoms with E-state index in [1.165, 1.54) is 30.6 Å². The number of nitrogens with one attached hydrogen (secondary N) is 1. The van der Waals surface area contributed by atoms with Crippen LogP contribution in [0.2, 0.25) is 10.4 Å². The minimum atomic E-state index is 0.193.